The minimum absolute atomic E-state index is 0.0450. The van der Waals surface area contributed by atoms with Gasteiger partial charge in [0.2, 0.25) is 4.38 Å². The van der Waals surface area contributed by atoms with Crippen molar-refractivity contribution in [2.45, 2.75) is 46.0 Å². The van der Waals surface area contributed by atoms with Crippen LogP contribution in [0.5, 0.6) is 0 Å². The lowest BCUT2D eigenvalue weighted by Gasteiger charge is -2.23. The first-order chi connectivity index (χ1) is 11.6. The van der Waals surface area contributed by atoms with Crippen molar-refractivity contribution in [1.29, 1.82) is 0 Å². The van der Waals surface area contributed by atoms with Crippen LogP contribution in [0.1, 0.15) is 50.9 Å². The number of Topliss-reactive ketones (excluding diaryl/α,β-unsaturated/α-hetero) is 1. The van der Waals surface area contributed by atoms with Gasteiger partial charge in [-0.15, -0.1) is 0 Å². The van der Waals surface area contributed by atoms with Crippen LogP contribution >= 0.6 is 35.6 Å². The normalized spacial score (nSPS) is 12.4. The molecule has 0 aliphatic rings. The van der Waals surface area contributed by atoms with Gasteiger partial charge in [0.25, 0.3) is 0 Å². The summed E-state index contributed by atoms with van der Waals surface area (Å²) in [6.07, 6.45) is 0.576. The fourth-order valence-corrected chi connectivity index (χ4v) is 3.06. The molecule has 1 aromatic rings. The van der Waals surface area contributed by atoms with Crippen molar-refractivity contribution in [2.24, 2.45) is 5.41 Å². The number of thioether (sulfide) groups is 1. The maximum absolute atomic E-state index is 12.3. The fourth-order valence-electron chi connectivity index (χ4n) is 1.73. The smallest absolute Gasteiger partial charge is 0.312 e. The lowest BCUT2D eigenvalue weighted by molar-refractivity contribution is -0.154. The van der Waals surface area contributed by atoms with Crippen LogP contribution in [0.15, 0.2) is 24.3 Å². The molecule has 0 fully saturated rings. The van der Waals surface area contributed by atoms with E-state index >= 15 is 0 Å². The number of rotatable bonds is 7. The molecule has 0 aliphatic carbocycles. The third-order valence-electron chi connectivity index (χ3n) is 3.11. The Morgan fingerprint density at radius 2 is 1.84 bits per heavy atom. The highest BCUT2D eigenvalue weighted by atomic mass is 35.5. The first-order valence-corrected chi connectivity index (χ1v) is 9.63. The van der Waals surface area contributed by atoms with E-state index in [0.29, 0.717) is 28.0 Å². The zero-order valence-electron chi connectivity index (χ0n) is 14.8. The third-order valence-corrected chi connectivity index (χ3v) is 4.68. The molecule has 0 saturated heterocycles. The van der Waals surface area contributed by atoms with Gasteiger partial charge in [-0.2, -0.15) is 0 Å². The van der Waals surface area contributed by atoms with Crippen molar-refractivity contribution >= 4 is 51.7 Å². The first-order valence-electron chi connectivity index (χ1n) is 7.96. The van der Waals surface area contributed by atoms with Crippen LogP contribution in [0, 0.1) is 5.41 Å². The third kappa shape index (κ3) is 8.21. The minimum Gasteiger partial charge on any atom is -0.479 e. The van der Waals surface area contributed by atoms with Crippen LogP contribution in [0.2, 0.25) is 5.02 Å². The lowest BCUT2D eigenvalue weighted by Crippen LogP contribution is -2.28. The largest absolute Gasteiger partial charge is 0.479 e. The number of hydrogen-bond acceptors (Lipinski definition) is 6. The van der Waals surface area contributed by atoms with Gasteiger partial charge in [0.15, 0.2) is 11.2 Å². The van der Waals surface area contributed by atoms with E-state index < -0.39 is 10.9 Å². The van der Waals surface area contributed by atoms with Gasteiger partial charge in [-0.3, -0.25) is 9.59 Å². The highest BCUT2D eigenvalue weighted by molar-refractivity contribution is 8.22. The molecule has 0 radical (unpaired) electrons. The molecule has 25 heavy (non-hydrogen) atoms. The Morgan fingerprint density at radius 1 is 1.24 bits per heavy atom. The Bertz CT molecular complexity index is 608. The van der Waals surface area contributed by atoms with E-state index in [-0.39, 0.29) is 18.2 Å². The van der Waals surface area contributed by atoms with Gasteiger partial charge in [-0.1, -0.05) is 11.6 Å². The Balaban J connectivity index is 2.71. The van der Waals surface area contributed by atoms with Gasteiger partial charge in [0.05, 0.1) is 12.0 Å². The number of thiocarbonyl (C=S) groups is 1. The summed E-state index contributed by atoms with van der Waals surface area (Å²) in [5.74, 6) is -0.389. The van der Waals surface area contributed by atoms with Crippen LogP contribution in [0.3, 0.4) is 0 Å². The van der Waals surface area contributed by atoms with Gasteiger partial charge in [0.1, 0.15) is 0 Å². The van der Waals surface area contributed by atoms with Gasteiger partial charge < -0.3 is 9.47 Å². The Morgan fingerprint density at radius 3 is 2.36 bits per heavy atom. The summed E-state index contributed by atoms with van der Waals surface area (Å²) in [5.41, 5.74) is -0.628. The van der Waals surface area contributed by atoms with Crippen molar-refractivity contribution in [3.8, 4) is 0 Å². The van der Waals surface area contributed by atoms with Crippen molar-refractivity contribution in [3.63, 3.8) is 0 Å². The molecule has 1 unspecified atom stereocenters. The number of ether oxygens (including phenoxy) is 2. The topological polar surface area (TPSA) is 52.6 Å². The molecule has 0 heterocycles. The van der Waals surface area contributed by atoms with E-state index in [1.54, 1.807) is 45.0 Å². The van der Waals surface area contributed by atoms with E-state index in [4.69, 9.17) is 33.3 Å². The number of esters is 1. The van der Waals surface area contributed by atoms with Gasteiger partial charge >= 0.3 is 5.97 Å². The number of carbonyl (C=O) groups excluding carboxylic acids is 2. The van der Waals surface area contributed by atoms with Crippen molar-refractivity contribution in [3.05, 3.63) is 34.9 Å². The highest BCUT2D eigenvalue weighted by Gasteiger charge is 2.28. The lowest BCUT2D eigenvalue weighted by atomic mass is 9.97. The molecular formula is C18H23ClO4S2. The van der Waals surface area contributed by atoms with Crippen LogP contribution < -0.4 is 0 Å². The molecule has 0 saturated carbocycles. The number of halogens is 1. The van der Waals surface area contributed by atoms with E-state index in [0.717, 1.165) is 11.8 Å². The van der Waals surface area contributed by atoms with Crippen molar-refractivity contribution in [1.82, 2.24) is 0 Å². The second-order valence-corrected chi connectivity index (χ2v) is 8.55. The minimum atomic E-state index is -0.633. The van der Waals surface area contributed by atoms with Gasteiger partial charge in [0, 0.05) is 23.4 Å². The fraction of sp³-hybridized carbons (Fsp3) is 0.500. The number of benzene rings is 1. The van der Waals surface area contributed by atoms with Crippen LogP contribution in [0.25, 0.3) is 0 Å². The average molecular weight is 403 g/mol. The Labute approximate surface area is 163 Å². The first kappa shape index (κ1) is 21.9. The maximum atomic E-state index is 12.3. The van der Waals surface area contributed by atoms with E-state index in [9.17, 15) is 9.59 Å². The predicted octanol–water partition coefficient (Wildman–Crippen LogP) is 5.27. The molecule has 0 spiro atoms. The van der Waals surface area contributed by atoms with Crippen molar-refractivity contribution in [2.75, 3.05) is 6.61 Å². The molecule has 7 heteroatoms. The summed E-state index contributed by atoms with van der Waals surface area (Å²) >= 11 is 12.1. The zero-order valence-corrected chi connectivity index (χ0v) is 17.2. The second-order valence-electron chi connectivity index (χ2n) is 6.35. The molecular weight excluding hydrogens is 380 g/mol. The molecule has 1 aromatic carbocycles. The molecule has 1 atom stereocenters. The van der Waals surface area contributed by atoms with Crippen molar-refractivity contribution < 1.29 is 19.1 Å². The quantitative estimate of drug-likeness (QED) is 0.268. The van der Waals surface area contributed by atoms with Gasteiger partial charge in [-0.25, -0.2) is 0 Å². The summed E-state index contributed by atoms with van der Waals surface area (Å²) in [4.78, 5) is 24.4. The van der Waals surface area contributed by atoms with Crippen LogP contribution in [-0.2, 0) is 14.3 Å². The molecule has 0 aromatic heterocycles. The molecule has 0 bridgehead atoms. The molecule has 0 aliphatic heterocycles. The maximum Gasteiger partial charge on any atom is 0.312 e. The predicted molar refractivity (Wildman–Crippen MR) is 106 cm³/mol. The van der Waals surface area contributed by atoms with E-state index in [1.807, 2.05) is 6.92 Å². The number of ketones is 1. The standard InChI is InChI=1S/C18H23ClO4S2/c1-5-22-17(24)25-15(23-16(21)18(2,3)4)11-10-14(20)12-6-8-13(19)9-7-12/h6-9,15H,5,10-11H2,1-4H3. The second kappa shape index (κ2) is 10.1. The number of hydrogen-bond donors (Lipinski definition) is 0. The molecule has 0 amide bonds. The Hall–Kier alpha value is -1.11. The molecule has 4 nitrogen and oxygen atoms in total. The van der Waals surface area contributed by atoms with Gasteiger partial charge in [-0.05, 0) is 75.9 Å². The van der Waals surface area contributed by atoms with Crippen LogP contribution in [-0.4, -0.2) is 28.2 Å². The van der Waals surface area contributed by atoms with E-state index in [2.05, 4.69) is 0 Å². The summed E-state index contributed by atoms with van der Waals surface area (Å²) < 4.78 is 11.1. The molecule has 138 valence electrons. The highest BCUT2D eigenvalue weighted by Crippen LogP contribution is 2.26. The van der Waals surface area contributed by atoms with E-state index in [1.165, 1.54) is 0 Å². The summed E-state index contributed by atoms with van der Waals surface area (Å²) in [7, 11) is 0. The SMILES string of the molecule is CCOC(=S)SC(CCC(=O)c1ccc(Cl)cc1)OC(=O)C(C)(C)C. The summed E-state index contributed by atoms with van der Waals surface area (Å²) in [6, 6.07) is 6.70. The summed E-state index contributed by atoms with van der Waals surface area (Å²) in [6.45, 7) is 7.59. The molecule has 1 rings (SSSR count). The molecule has 0 N–H and O–H groups in total. The number of carbonyl (C=O) groups is 2. The Kier molecular flexibility index (Phi) is 8.89. The zero-order chi connectivity index (χ0) is 19.0. The summed E-state index contributed by atoms with van der Waals surface area (Å²) in [5, 5.41) is 0.575. The monoisotopic (exact) mass is 402 g/mol. The average Bonchev–Trinajstić information content (AvgIpc) is 2.52. The van der Waals surface area contributed by atoms with Crippen LogP contribution in [0.4, 0.5) is 0 Å².